The van der Waals surface area contributed by atoms with Crippen molar-refractivity contribution in [2.24, 2.45) is 5.14 Å². The molecule has 1 aliphatic rings. The number of nitrogens with zero attached hydrogens (tertiary/aromatic N) is 1. The largest absolute Gasteiger partial charge is 0.390 e. The van der Waals surface area contributed by atoms with Gasteiger partial charge in [0.2, 0.25) is 0 Å². The molecule has 4 N–H and O–H groups in total. The minimum atomic E-state index is -1.53. The first kappa shape index (κ1) is 19.4. The van der Waals surface area contributed by atoms with E-state index in [4.69, 9.17) is 5.14 Å². The summed E-state index contributed by atoms with van der Waals surface area (Å²) in [6.45, 7) is 3.37. The lowest BCUT2D eigenvalue weighted by Crippen LogP contribution is -2.47. The summed E-state index contributed by atoms with van der Waals surface area (Å²) in [5, 5.41) is 29.8. The first-order valence-electron chi connectivity index (χ1n) is 7.60. The fraction of sp³-hybridized carbons (Fsp3) is 0.600. The molecule has 9 heteroatoms. The van der Waals surface area contributed by atoms with Gasteiger partial charge in [0.05, 0.1) is 16.6 Å². The standard InChI is InChI=1S/C15H21BrFN3O3S/c1-9(15(17)5-3-14(2,21)4-6-15)19-13-11(16)7-10(24-18)8-12(13)20(22)23/h7-9,19,21H,3-6,18H2,1-2H3. The number of nitro benzene ring substituents is 1. The van der Waals surface area contributed by atoms with Crippen molar-refractivity contribution in [2.45, 2.75) is 61.7 Å². The van der Waals surface area contributed by atoms with Crippen LogP contribution in [0.1, 0.15) is 39.5 Å². The summed E-state index contributed by atoms with van der Waals surface area (Å²) in [5.41, 5.74) is -2.30. The van der Waals surface area contributed by atoms with Crippen LogP contribution in [-0.2, 0) is 0 Å². The van der Waals surface area contributed by atoms with E-state index in [0.29, 0.717) is 22.2 Å². The van der Waals surface area contributed by atoms with E-state index < -0.39 is 22.2 Å². The van der Waals surface area contributed by atoms with E-state index in [0.717, 1.165) is 11.9 Å². The Morgan fingerprint density at radius 3 is 2.54 bits per heavy atom. The van der Waals surface area contributed by atoms with Crippen LogP contribution < -0.4 is 10.5 Å². The third kappa shape index (κ3) is 4.19. The normalized spacial score (nSPS) is 28.4. The smallest absolute Gasteiger partial charge is 0.294 e. The van der Waals surface area contributed by atoms with Gasteiger partial charge < -0.3 is 10.4 Å². The Kier molecular flexibility index (Phi) is 5.79. The molecule has 0 aliphatic heterocycles. The first-order valence-corrected chi connectivity index (χ1v) is 9.28. The molecule has 1 aromatic rings. The molecule has 134 valence electrons. The van der Waals surface area contributed by atoms with Crippen LogP contribution in [-0.4, -0.2) is 27.3 Å². The van der Waals surface area contributed by atoms with Crippen molar-refractivity contribution in [1.29, 1.82) is 0 Å². The average Bonchev–Trinajstić information content (AvgIpc) is 2.51. The van der Waals surface area contributed by atoms with Crippen molar-refractivity contribution < 1.29 is 14.4 Å². The second kappa shape index (κ2) is 7.15. The molecule has 0 bridgehead atoms. The summed E-state index contributed by atoms with van der Waals surface area (Å²) in [6.07, 6.45) is 1.13. The lowest BCUT2D eigenvalue weighted by Gasteiger charge is -2.41. The highest BCUT2D eigenvalue weighted by atomic mass is 79.9. The van der Waals surface area contributed by atoms with E-state index in [1.165, 1.54) is 6.07 Å². The van der Waals surface area contributed by atoms with Gasteiger partial charge in [-0.25, -0.2) is 4.39 Å². The van der Waals surface area contributed by atoms with Crippen LogP contribution in [0.15, 0.2) is 21.5 Å². The molecule has 1 fully saturated rings. The highest BCUT2D eigenvalue weighted by Gasteiger charge is 2.44. The zero-order valence-electron chi connectivity index (χ0n) is 13.5. The van der Waals surface area contributed by atoms with Crippen molar-refractivity contribution in [2.75, 3.05) is 5.32 Å². The van der Waals surface area contributed by atoms with Gasteiger partial charge in [0.15, 0.2) is 0 Å². The minimum absolute atomic E-state index is 0.157. The Morgan fingerprint density at radius 1 is 1.46 bits per heavy atom. The summed E-state index contributed by atoms with van der Waals surface area (Å²) in [4.78, 5) is 11.4. The number of alkyl halides is 1. The van der Waals surface area contributed by atoms with Gasteiger partial charge in [-0.05, 0) is 73.5 Å². The van der Waals surface area contributed by atoms with Gasteiger partial charge in [0.1, 0.15) is 11.4 Å². The fourth-order valence-electron chi connectivity index (χ4n) is 2.91. The maximum Gasteiger partial charge on any atom is 0.294 e. The lowest BCUT2D eigenvalue weighted by atomic mass is 9.75. The highest BCUT2D eigenvalue weighted by Crippen LogP contribution is 2.42. The van der Waals surface area contributed by atoms with Crippen LogP contribution in [0.5, 0.6) is 0 Å². The maximum atomic E-state index is 15.2. The second-order valence-electron chi connectivity index (χ2n) is 6.57. The molecule has 0 heterocycles. The molecule has 0 saturated heterocycles. The number of aliphatic hydroxyl groups is 1. The molecule has 24 heavy (non-hydrogen) atoms. The SMILES string of the molecule is CC(Nc1c(Br)cc(SN)cc1[N+](=O)[O-])C1(F)CCC(C)(O)CC1. The van der Waals surface area contributed by atoms with Crippen LogP contribution >= 0.6 is 27.9 Å². The lowest BCUT2D eigenvalue weighted by molar-refractivity contribution is -0.384. The number of nitrogens with two attached hydrogens (primary N) is 1. The molecular weight excluding hydrogens is 401 g/mol. The molecule has 1 atom stereocenters. The number of rotatable bonds is 5. The number of halogens is 2. The number of hydrogen-bond donors (Lipinski definition) is 3. The molecule has 1 saturated carbocycles. The Hall–Kier alpha value is -0.900. The zero-order valence-corrected chi connectivity index (χ0v) is 15.9. The summed E-state index contributed by atoms with van der Waals surface area (Å²) >= 11 is 4.20. The minimum Gasteiger partial charge on any atom is -0.390 e. The topological polar surface area (TPSA) is 101 Å². The second-order valence-corrected chi connectivity index (χ2v) is 8.13. The Labute approximate surface area is 152 Å². The van der Waals surface area contributed by atoms with Gasteiger partial charge in [-0.1, -0.05) is 0 Å². The van der Waals surface area contributed by atoms with Gasteiger partial charge in [-0.3, -0.25) is 15.3 Å². The van der Waals surface area contributed by atoms with Crippen LogP contribution in [0.3, 0.4) is 0 Å². The Balaban J connectivity index is 2.26. The van der Waals surface area contributed by atoms with E-state index in [1.807, 2.05) is 0 Å². The molecule has 6 nitrogen and oxygen atoms in total. The van der Waals surface area contributed by atoms with E-state index in [1.54, 1.807) is 19.9 Å². The zero-order chi connectivity index (χ0) is 18.1. The van der Waals surface area contributed by atoms with Gasteiger partial charge in [0.25, 0.3) is 5.69 Å². The number of nitro groups is 1. The molecule has 2 rings (SSSR count). The Morgan fingerprint density at radius 2 is 2.04 bits per heavy atom. The predicted octanol–water partition coefficient (Wildman–Crippen LogP) is 4.16. The molecule has 0 radical (unpaired) electrons. The third-order valence-corrected chi connectivity index (χ3v) is 5.80. The molecule has 1 aliphatic carbocycles. The van der Waals surface area contributed by atoms with Crippen LogP contribution in [0, 0.1) is 10.1 Å². The van der Waals surface area contributed by atoms with Gasteiger partial charge in [-0.15, -0.1) is 0 Å². The summed E-state index contributed by atoms with van der Waals surface area (Å²) in [6, 6.07) is 2.38. The van der Waals surface area contributed by atoms with E-state index in [-0.39, 0.29) is 24.2 Å². The van der Waals surface area contributed by atoms with Crippen LogP contribution in [0.25, 0.3) is 0 Å². The van der Waals surface area contributed by atoms with Gasteiger partial charge in [-0.2, -0.15) is 0 Å². The number of benzene rings is 1. The van der Waals surface area contributed by atoms with Crippen molar-refractivity contribution >= 4 is 39.3 Å². The molecular formula is C15H21BrFN3O3S. The summed E-state index contributed by atoms with van der Waals surface area (Å²) in [5.74, 6) is 0. The van der Waals surface area contributed by atoms with Crippen molar-refractivity contribution in [3.63, 3.8) is 0 Å². The van der Waals surface area contributed by atoms with Gasteiger partial charge >= 0.3 is 0 Å². The molecule has 0 aromatic heterocycles. The molecule has 1 aromatic carbocycles. The number of hydrogen-bond acceptors (Lipinski definition) is 6. The first-order chi connectivity index (χ1) is 11.1. The van der Waals surface area contributed by atoms with Gasteiger partial charge in [0, 0.05) is 15.4 Å². The molecule has 0 amide bonds. The summed E-state index contributed by atoms with van der Waals surface area (Å²) in [7, 11) is 0. The fourth-order valence-corrected chi connectivity index (χ4v) is 3.99. The molecule has 1 unspecified atom stereocenters. The molecule has 0 spiro atoms. The third-order valence-electron chi connectivity index (χ3n) is 4.67. The summed E-state index contributed by atoms with van der Waals surface area (Å²) < 4.78 is 15.7. The van der Waals surface area contributed by atoms with Crippen molar-refractivity contribution in [1.82, 2.24) is 0 Å². The van der Waals surface area contributed by atoms with Crippen LogP contribution in [0.4, 0.5) is 15.8 Å². The predicted molar refractivity (Wildman–Crippen MR) is 96.9 cm³/mol. The highest BCUT2D eigenvalue weighted by molar-refractivity contribution is 9.10. The Bertz CT molecular complexity index is 635. The monoisotopic (exact) mass is 421 g/mol. The van der Waals surface area contributed by atoms with E-state index in [9.17, 15) is 15.2 Å². The number of anilines is 1. The van der Waals surface area contributed by atoms with Crippen molar-refractivity contribution in [3.8, 4) is 0 Å². The van der Waals surface area contributed by atoms with E-state index in [2.05, 4.69) is 21.2 Å². The van der Waals surface area contributed by atoms with E-state index >= 15 is 4.39 Å². The van der Waals surface area contributed by atoms with Crippen molar-refractivity contribution in [3.05, 3.63) is 26.7 Å². The quantitative estimate of drug-likeness (QED) is 0.374. The number of nitrogens with one attached hydrogen (secondary N) is 1. The maximum absolute atomic E-state index is 15.2. The van der Waals surface area contributed by atoms with Crippen LogP contribution in [0.2, 0.25) is 0 Å². The average molecular weight is 422 g/mol.